The normalized spacial score (nSPS) is 13.3. The van der Waals surface area contributed by atoms with Crippen LogP contribution in [0.15, 0.2) is 48.5 Å². The molecule has 6 heteroatoms. The summed E-state index contributed by atoms with van der Waals surface area (Å²) in [5, 5.41) is 27.5. The number of aliphatic hydroxyl groups is 1. The second-order valence-electron chi connectivity index (χ2n) is 5.60. The summed E-state index contributed by atoms with van der Waals surface area (Å²) in [6.45, 7) is 2.52. The van der Waals surface area contributed by atoms with Crippen LogP contribution in [0.25, 0.3) is 0 Å². The zero-order valence-corrected chi connectivity index (χ0v) is 13.2. The summed E-state index contributed by atoms with van der Waals surface area (Å²) < 4.78 is 0. The molecule has 0 saturated heterocycles. The predicted molar refractivity (Wildman–Crippen MR) is 90.4 cm³/mol. The van der Waals surface area contributed by atoms with E-state index in [1.807, 2.05) is 36.4 Å². The average molecular weight is 315 g/mol. The molecule has 6 nitrogen and oxygen atoms in total. The van der Waals surface area contributed by atoms with Crippen molar-refractivity contribution in [1.29, 1.82) is 0 Å². The number of benzene rings is 2. The van der Waals surface area contributed by atoms with E-state index in [-0.39, 0.29) is 5.69 Å². The van der Waals surface area contributed by atoms with E-state index in [1.165, 1.54) is 6.07 Å². The highest BCUT2D eigenvalue weighted by molar-refractivity contribution is 5.62. The number of anilines is 1. The topological polar surface area (TPSA) is 87.4 Å². The van der Waals surface area contributed by atoms with Crippen molar-refractivity contribution in [2.75, 3.05) is 18.9 Å². The van der Waals surface area contributed by atoms with Gasteiger partial charge in [0.25, 0.3) is 5.69 Å². The Labute approximate surface area is 135 Å². The third-order valence-electron chi connectivity index (χ3n) is 3.72. The molecule has 1 unspecified atom stereocenters. The summed E-state index contributed by atoms with van der Waals surface area (Å²) in [4.78, 5) is 10.6. The lowest BCUT2D eigenvalue weighted by atomic mass is 9.96. The Morgan fingerprint density at radius 2 is 1.91 bits per heavy atom. The molecule has 0 fully saturated rings. The largest absolute Gasteiger partial charge is 0.384 e. The van der Waals surface area contributed by atoms with Gasteiger partial charge in [-0.25, -0.2) is 0 Å². The Kier molecular flexibility index (Phi) is 5.31. The van der Waals surface area contributed by atoms with Crippen LogP contribution in [-0.2, 0) is 12.1 Å². The van der Waals surface area contributed by atoms with Crippen LogP contribution in [-0.4, -0.2) is 23.6 Å². The molecule has 0 aliphatic heterocycles. The summed E-state index contributed by atoms with van der Waals surface area (Å²) in [6, 6.07) is 14.4. The molecule has 2 aromatic carbocycles. The van der Waals surface area contributed by atoms with Crippen molar-refractivity contribution < 1.29 is 10.0 Å². The monoisotopic (exact) mass is 315 g/mol. The zero-order chi connectivity index (χ0) is 16.9. The van der Waals surface area contributed by atoms with Gasteiger partial charge in [0.2, 0.25) is 0 Å². The van der Waals surface area contributed by atoms with Gasteiger partial charge < -0.3 is 15.7 Å². The molecule has 122 valence electrons. The Balaban J connectivity index is 2.01. The smallest absolute Gasteiger partial charge is 0.292 e. The van der Waals surface area contributed by atoms with Crippen molar-refractivity contribution in [3.8, 4) is 0 Å². The highest BCUT2D eigenvalue weighted by Gasteiger charge is 2.22. The molecule has 0 aromatic heterocycles. The van der Waals surface area contributed by atoms with E-state index in [2.05, 4.69) is 10.6 Å². The van der Waals surface area contributed by atoms with Gasteiger partial charge in [0, 0.05) is 26.2 Å². The first-order valence-electron chi connectivity index (χ1n) is 7.38. The van der Waals surface area contributed by atoms with E-state index in [0.717, 1.165) is 11.1 Å². The Hall–Kier alpha value is -2.44. The van der Waals surface area contributed by atoms with E-state index < -0.39 is 10.5 Å². The molecule has 0 aliphatic carbocycles. The number of nitrogens with one attached hydrogen (secondary N) is 2. The van der Waals surface area contributed by atoms with E-state index in [0.29, 0.717) is 18.8 Å². The van der Waals surface area contributed by atoms with Crippen molar-refractivity contribution in [3.63, 3.8) is 0 Å². The molecule has 23 heavy (non-hydrogen) atoms. The predicted octanol–water partition coefficient (Wildman–Crippen LogP) is 2.63. The van der Waals surface area contributed by atoms with E-state index in [1.54, 1.807) is 20.0 Å². The zero-order valence-electron chi connectivity index (χ0n) is 13.2. The third-order valence-corrected chi connectivity index (χ3v) is 3.72. The highest BCUT2D eigenvalue weighted by atomic mass is 16.6. The van der Waals surface area contributed by atoms with Crippen LogP contribution in [0.3, 0.4) is 0 Å². The van der Waals surface area contributed by atoms with Crippen molar-refractivity contribution in [3.05, 3.63) is 69.8 Å². The fourth-order valence-electron chi connectivity index (χ4n) is 2.40. The van der Waals surface area contributed by atoms with Crippen molar-refractivity contribution in [2.45, 2.75) is 19.1 Å². The van der Waals surface area contributed by atoms with Crippen molar-refractivity contribution in [2.24, 2.45) is 0 Å². The minimum Gasteiger partial charge on any atom is -0.384 e. The number of hydrogen-bond acceptors (Lipinski definition) is 5. The fourth-order valence-corrected chi connectivity index (χ4v) is 2.40. The van der Waals surface area contributed by atoms with Crippen LogP contribution in [0.2, 0.25) is 0 Å². The van der Waals surface area contributed by atoms with Gasteiger partial charge in [-0.1, -0.05) is 36.4 Å². The Morgan fingerprint density at radius 3 is 2.52 bits per heavy atom. The minimum atomic E-state index is -1.00. The summed E-state index contributed by atoms with van der Waals surface area (Å²) in [5.41, 5.74) is 1.14. The molecule has 0 spiro atoms. The maximum Gasteiger partial charge on any atom is 0.292 e. The molecule has 2 aromatic rings. The van der Waals surface area contributed by atoms with Gasteiger partial charge in [-0.15, -0.1) is 0 Å². The van der Waals surface area contributed by atoms with Crippen molar-refractivity contribution in [1.82, 2.24) is 5.32 Å². The summed E-state index contributed by atoms with van der Waals surface area (Å²) >= 11 is 0. The van der Waals surface area contributed by atoms with Gasteiger partial charge >= 0.3 is 0 Å². The molecule has 0 amide bonds. The van der Waals surface area contributed by atoms with Gasteiger partial charge in [0.15, 0.2) is 0 Å². The third kappa shape index (κ3) is 4.28. The molecule has 0 aliphatic rings. The van der Waals surface area contributed by atoms with Crippen LogP contribution in [0.1, 0.15) is 18.1 Å². The Morgan fingerprint density at radius 1 is 1.22 bits per heavy atom. The van der Waals surface area contributed by atoms with E-state index >= 15 is 0 Å². The second-order valence-corrected chi connectivity index (χ2v) is 5.60. The minimum absolute atomic E-state index is 0.0432. The first kappa shape index (κ1) is 16.9. The molecule has 3 N–H and O–H groups in total. The lowest BCUT2D eigenvalue weighted by Gasteiger charge is -2.24. The van der Waals surface area contributed by atoms with Crippen LogP contribution in [0.5, 0.6) is 0 Å². The standard InChI is InChI=1S/C17H21N3O3/c1-17(21,14-6-4-3-5-7-14)12-19-11-13-8-9-15(18-2)16(10-13)20(22)23/h3-10,18-19,21H,11-12H2,1-2H3. The van der Waals surface area contributed by atoms with Crippen LogP contribution in [0.4, 0.5) is 11.4 Å². The van der Waals surface area contributed by atoms with Crippen molar-refractivity contribution >= 4 is 11.4 Å². The molecule has 1 atom stereocenters. The number of hydrogen-bond donors (Lipinski definition) is 3. The van der Waals surface area contributed by atoms with Crippen LogP contribution >= 0.6 is 0 Å². The molecule has 2 rings (SSSR count). The number of nitro benzene ring substituents is 1. The summed E-state index contributed by atoms with van der Waals surface area (Å²) in [5.74, 6) is 0. The number of nitro groups is 1. The second kappa shape index (κ2) is 7.21. The lowest BCUT2D eigenvalue weighted by Crippen LogP contribution is -2.35. The number of rotatable bonds is 7. The number of nitrogens with zero attached hydrogens (tertiary/aromatic N) is 1. The first-order valence-corrected chi connectivity index (χ1v) is 7.38. The quantitative estimate of drug-likeness (QED) is 0.540. The maximum atomic E-state index is 11.1. The fraction of sp³-hybridized carbons (Fsp3) is 0.294. The van der Waals surface area contributed by atoms with Gasteiger partial charge in [0.1, 0.15) is 5.69 Å². The van der Waals surface area contributed by atoms with Gasteiger partial charge in [-0.05, 0) is 24.1 Å². The lowest BCUT2D eigenvalue weighted by molar-refractivity contribution is -0.384. The van der Waals surface area contributed by atoms with E-state index in [9.17, 15) is 15.2 Å². The van der Waals surface area contributed by atoms with Gasteiger partial charge in [-0.2, -0.15) is 0 Å². The molecular formula is C17H21N3O3. The van der Waals surface area contributed by atoms with Crippen LogP contribution < -0.4 is 10.6 Å². The van der Waals surface area contributed by atoms with E-state index in [4.69, 9.17) is 0 Å². The molecule has 0 saturated carbocycles. The molecular weight excluding hydrogens is 294 g/mol. The van der Waals surface area contributed by atoms with Gasteiger partial charge in [0.05, 0.1) is 10.5 Å². The maximum absolute atomic E-state index is 11.1. The average Bonchev–Trinajstić information content (AvgIpc) is 2.55. The summed E-state index contributed by atoms with van der Waals surface area (Å²) in [7, 11) is 1.65. The molecule has 0 heterocycles. The first-order chi connectivity index (χ1) is 10.9. The highest BCUT2D eigenvalue weighted by Crippen LogP contribution is 2.25. The van der Waals surface area contributed by atoms with Crippen LogP contribution in [0, 0.1) is 10.1 Å². The summed E-state index contributed by atoms with van der Waals surface area (Å²) in [6.07, 6.45) is 0. The molecule has 0 bridgehead atoms. The molecule has 0 radical (unpaired) electrons. The van der Waals surface area contributed by atoms with Gasteiger partial charge in [-0.3, -0.25) is 10.1 Å². The SMILES string of the molecule is CNc1ccc(CNCC(C)(O)c2ccccc2)cc1[N+](=O)[O-]. The Bertz CT molecular complexity index is 672.